The Balaban J connectivity index is 1.71. The predicted octanol–water partition coefficient (Wildman–Crippen LogP) is 2.72. The van der Waals surface area contributed by atoms with Gasteiger partial charge in [-0.3, -0.25) is 14.4 Å². The van der Waals surface area contributed by atoms with Crippen molar-refractivity contribution in [3.8, 4) is 0 Å². The summed E-state index contributed by atoms with van der Waals surface area (Å²) in [5, 5.41) is 10.5. The van der Waals surface area contributed by atoms with Gasteiger partial charge in [0, 0.05) is 17.3 Å². The topological polar surface area (TPSA) is 87.2 Å². The summed E-state index contributed by atoms with van der Waals surface area (Å²) in [6.45, 7) is 6.26. The van der Waals surface area contributed by atoms with Gasteiger partial charge in [0.1, 0.15) is 6.04 Å². The van der Waals surface area contributed by atoms with Gasteiger partial charge >= 0.3 is 5.97 Å². The molecule has 5 rings (SSSR count). The van der Waals surface area contributed by atoms with Crippen molar-refractivity contribution >= 4 is 29.5 Å². The largest absolute Gasteiger partial charge is 0.465 e. The molecule has 0 aliphatic carbocycles. The number of nitrogens with zero attached hydrogens (tertiary/aromatic N) is 2. The van der Waals surface area contributed by atoms with Crippen molar-refractivity contribution < 1.29 is 24.2 Å². The number of aliphatic hydroxyl groups is 1. The van der Waals surface area contributed by atoms with Gasteiger partial charge in [-0.25, -0.2) is 0 Å². The number of aliphatic hydroxyl groups excluding tert-OH is 1. The monoisotopic (exact) mass is 496 g/mol. The molecule has 1 unspecified atom stereocenters. The lowest BCUT2D eigenvalue weighted by Crippen LogP contribution is -2.55. The lowest BCUT2D eigenvalue weighted by atomic mass is 9.74. The SMILES string of the molecule is CC(C)N1CC=C[C@]23S[C@@]4(C)C=CCCOC(=O)[C@H]4[C@H]2C(=O)N([C@H](CO)c2ccccc2)C3C1=O. The third-order valence-electron chi connectivity index (χ3n) is 7.81. The van der Waals surface area contributed by atoms with E-state index >= 15 is 0 Å². The molecule has 186 valence electrons. The maximum absolute atomic E-state index is 14.4. The number of rotatable bonds is 4. The van der Waals surface area contributed by atoms with Crippen LogP contribution in [-0.4, -0.2) is 74.0 Å². The number of hydrogen-bond acceptors (Lipinski definition) is 6. The van der Waals surface area contributed by atoms with Crippen LogP contribution >= 0.6 is 11.8 Å². The number of ether oxygens (including phenoxy) is 1. The molecule has 0 aromatic heterocycles. The molecule has 1 N–H and O–H groups in total. The van der Waals surface area contributed by atoms with Crippen molar-refractivity contribution in [2.24, 2.45) is 11.8 Å². The normalized spacial score (nSPS) is 35.2. The molecule has 35 heavy (non-hydrogen) atoms. The molecule has 2 fully saturated rings. The number of hydrogen-bond donors (Lipinski definition) is 1. The van der Waals surface area contributed by atoms with Crippen LogP contribution in [0.5, 0.6) is 0 Å². The van der Waals surface area contributed by atoms with Gasteiger partial charge in [0.15, 0.2) is 0 Å². The lowest BCUT2D eigenvalue weighted by molar-refractivity contribution is -0.155. The molecule has 2 saturated heterocycles. The number of esters is 1. The van der Waals surface area contributed by atoms with Crippen LogP contribution in [0.15, 0.2) is 54.6 Å². The fourth-order valence-electron chi connectivity index (χ4n) is 6.27. The standard InChI is InChI=1S/C27H32N2O5S/c1-17(2)28-14-9-13-27-20(21-25(33)34-15-8-7-12-26(21,3)35-27)23(31)29(22(27)24(28)32)19(16-30)18-10-5-4-6-11-18/h4-7,9-13,17,19-22,30H,8,14-16H2,1-3H3/t19-,20+,21-,22?,26+,27+/m1/s1. The molecule has 6 atom stereocenters. The predicted molar refractivity (Wildman–Crippen MR) is 133 cm³/mol. The third-order valence-corrected chi connectivity index (χ3v) is 9.60. The van der Waals surface area contributed by atoms with Crippen molar-refractivity contribution in [2.75, 3.05) is 19.8 Å². The number of carbonyl (C=O) groups is 3. The minimum atomic E-state index is -0.951. The van der Waals surface area contributed by atoms with Crippen molar-refractivity contribution in [3.05, 3.63) is 60.2 Å². The summed E-state index contributed by atoms with van der Waals surface area (Å²) in [5.74, 6) is -2.34. The molecular formula is C27H32N2O5S. The average molecular weight is 497 g/mol. The molecule has 4 aliphatic rings. The van der Waals surface area contributed by atoms with E-state index < -0.39 is 39.4 Å². The lowest BCUT2D eigenvalue weighted by Gasteiger charge is -2.40. The smallest absolute Gasteiger partial charge is 0.311 e. The van der Waals surface area contributed by atoms with Crippen LogP contribution in [0.2, 0.25) is 0 Å². The summed E-state index contributed by atoms with van der Waals surface area (Å²) < 4.78 is 3.93. The van der Waals surface area contributed by atoms with Gasteiger partial charge in [-0.15, -0.1) is 11.8 Å². The summed E-state index contributed by atoms with van der Waals surface area (Å²) in [6.07, 6.45) is 8.59. The summed E-state index contributed by atoms with van der Waals surface area (Å²) in [5.41, 5.74) is 0.753. The van der Waals surface area contributed by atoms with Crippen molar-refractivity contribution in [1.82, 2.24) is 9.80 Å². The first-order valence-electron chi connectivity index (χ1n) is 12.3. The van der Waals surface area contributed by atoms with Gasteiger partial charge in [-0.2, -0.15) is 0 Å². The molecule has 1 aromatic rings. The first kappa shape index (κ1) is 24.1. The molecule has 1 aromatic carbocycles. The second-order valence-electron chi connectivity index (χ2n) is 10.2. The van der Waals surface area contributed by atoms with Crippen LogP contribution in [0.3, 0.4) is 0 Å². The van der Waals surface area contributed by atoms with Gasteiger partial charge in [0.25, 0.3) is 0 Å². The molecule has 8 heteroatoms. The summed E-state index contributed by atoms with van der Waals surface area (Å²) in [4.78, 5) is 45.3. The number of benzene rings is 1. The molecule has 0 saturated carbocycles. The second-order valence-corrected chi connectivity index (χ2v) is 12.0. The summed E-state index contributed by atoms with van der Waals surface area (Å²) >= 11 is 1.52. The second kappa shape index (κ2) is 8.82. The van der Waals surface area contributed by atoms with Crippen LogP contribution in [0.1, 0.15) is 38.8 Å². The average Bonchev–Trinajstić information content (AvgIpc) is 3.14. The van der Waals surface area contributed by atoms with Gasteiger partial charge in [0.2, 0.25) is 11.8 Å². The Morgan fingerprint density at radius 3 is 2.51 bits per heavy atom. The minimum Gasteiger partial charge on any atom is -0.465 e. The molecule has 7 nitrogen and oxygen atoms in total. The van der Waals surface area contributed by atoms with Gasteiger partial charge in [-0.05, 0) is 32.8 Å². The number of likely N-dealkylation sites (tertiary alicyclic amines) is 1. The Bertz CT molecular complexity index is 1090. The van der Waals surface area contributed by atoms with Gasteiger partial charge in [-0.1, -0.05) is 54.6 Å². The van der Waals surface area contributed by atoms with E-state index in [-0.39, 0.29) is 31.1 Å². The Kier molecular flexibility index (Phi) is 6.08. The molecule has 1 spiro atoms. The fraction of sp³-hybridized carbons (Fsp3) is 0.519. The highest BCUT2D eigenvalue weighted by atomic mass is 32.2. The van der Waals surface area contributed by atoms with Gasteiger partial charge in [0.05, 0.1) is 35.8 Å². The first-order valence-corrected chi connectivity index (χ1v) is 13.1. The minimum absolute atomic E-state index is 0.0665. The van der Waals surface area contributed by atoms with E-state index in [0.29, 0.717) is 13.0 Å². The maximum Gasteiger partial charge on any atom is 0.311 e. The zero-order valence-electron chi connectivity index (χ0n) is 20.3. The summed E-state index contributed by atoms with van der Waals surface area (Å²) in [6, 6.07) is 7.68. The molecular weight excluding hydrogens is 464 g/mol. The van der Waals surface area contributed by atoms with E-state index in [2.05, 4.69) is 0 Å². The van der Waals surface area contributed by atoms with E-state index in [1.165, 1.54) is 11.8 Å². The van der Waals surface area contributed by atoms with Crippen molar-refractivity contribution in [1.29, 1.82) is 0 Å². The zero-order chi connectivity index (χ0) is 25.0. The highest BCUT2D eigenvalue weighted by molar-refractivity contribution is 8.02. The highest BCUT2D eigenvalue weighted by Crippen LogP contribution is 2.66. The Hall–Kier alpha value is -2.58. The van der Waals surface area contributed by atoms with E-state index in [9.17, 15) is 19.5 Å². The van der Waals surface area contributed by atoms with Crippen LogP contribution in [0.25, 0.3) is 0 Å². The molecule has 4 aliphatic heterocycles. The molecule has 2 amide bonds. The fourth-order valence-corrected chi connectivity index (χ4v) is 8.41. The van der Waals surface area contributed by atoms with Crippen molar-refractivity contribution in [3.63, 3.8) is 0 Å². The zero-order valence-corrected chi connectivity index (χ0v) is 21.1. The Morgan fingerprint density at radius 1 is 1.09 bits per heavy atom. The van der Waals surface area contributed by atoms with E-state index in [4.69, 9.17) is 4.74 Å². The number of thioether (sulfide) groups is 1. The highest BCUT2D eigenvalue weighted by Gasteiger charge is 2.74. The number of amides is 2. The number of cyclic esters (lactones) is 1. The first-order chi connectivity index (χ1) is 16.7. The summed E-state index contributed by atoms with van der Waals surface area (Å²) in [7, 11) is 0. The van der Waals surface area contributed by atoms with Crippen LogP contribution in [0.4, 0.5) is 0 Å². The van der Waals surface area contributed by atoms with E-state index in [1.54, 1.807) is 9.80 Å². The van der Waals surface area contributed by atoms with E-state index in [1.807, 2.05) is 75.4 Å². The Labute approximate surface area is 210 Å². The third kappa shape index (κ3) is 3.56. The number of fused-ring (bicyclic) bond motifs is 2. The van der Waals surface area contributed by atoms with Gasteiger partial charge < -0.3 is 19.6 Å². The molecule has 0 bridgehead atoms. The molecule has 0 radical (unpaired) electrons. The van der Waals surface area contributed by atoms with Crippen molar-refractivity contribution in [2.45, 2.75) is 54.8 Å². The van der Waals surface area contributed by atoms with Crippen LogP contribution in [-0.2, 0) is 19.1 Å². The quantitative estimate of drug-likeness (QED) is 0.510. The molecule has 4 heterocycles. The van der Waals surface area contributed by atoms with E-state index in [0.717, 1.165) is 5.56 Å². The van der Waals surface area contributed by atoms with Crippen LogP contribution in [0, 0.1) is 11.8 Å². The van der Waals surface area contributed by atoms with Crippen LogP contribution < -0.4 is 0 Å². The number of carbonyl (C=O) groups excluding carboxylic acids is 3. The Morgan fingerprint density at radius 2 is 1.83 bits per heavy atom. The maximum atomic E-state index is 14.4.